The molecule has 0 saturated carbocycles. The van der Waals surface area contributed by atoms with Gasteiger partial charge in [-0.3, -0.25) is 9.59 Å². The van der Waals surface area contributed by atoms with E-state index in [2.05, 4.69) is 15.5 Å². The first-order chi connectivity index (χ1) is 15.0. The molecule has 162 valence electrons. The van der Waals surface area contributed by atoms with Crippen LogP contribution in [0.15, 0.2) is 52.6 Å². The maximum atomic E-state index is 13.4. The molecule has 1 fully saturated rings. The lowest BCUT2D eigenvalue weighted by Gasteiger charge is -2.36. The van der Waals surface area contributed by atoms with Crippen LogP contribution < -0.4 is 10.3 Å². The van der Waals surface area contributed by atoms with Gasteiger partial charge in [0.2, 0.25) is 0 Å². The quantitative estimate of drug-likeness (QED) is 0.571. The molecule has 1 aliphatic heterocycles. The van der Waals surface area contributed by atoms with Crippen LogP contribution in [0.4, 0.5) is 5.69 Å². The summed E-state index contributed by atoms with van der Waals surface area (Å²) in [5.74, 6) is -0.160. The van der Waals surface area contributed by atoms with Crippen LogP contribution in [0.3, 0.4) is 0 Å². The van der Waals surface area contributed by atoms with E-state index in [4.69, 9.17) is 11.6 Å². The Morgan fingerprint density at radius 2 is 1.87 bits per heavy atom. The summed E-state index contributed by atoms with van der Waals surface area (Å²) >= 11 is 7.81. The number of halogens is 1. The van der Waals surface area contributed by atoms with E-state index >= 15 is 0 Å². The number of thiophene rings is 1. The van der Waals surface area contributed by atoms with Crippen molar-refractivity contribution in [1.82, 2.24) is 9.47 Å². The van der Waals surface area contributed by atoms with Crippen molar-refractivity contribution in [2.75, 3.05) is 31.1 Å². The molecule has 1 aliphatic rings. The number of aromatic nitrogens is 1. The predicted molar refractivity (Wildman–Crippen MR) is 128 cm³/mol. The summed E-state index contributed by atoms with van der Waals surface area (Å²) in [4.78, 5) is 31.6. The molecule has 0 aliphatic carbocycles. The van der Waals surface area contributed by atoms with E-state index in [1.165, 1.54) is 4.88 Å². The summed E-state index contributed by atoms with van der Waals surface area (Å²) in [6.45, 7) is 7.19. The molecule has 1 aromatic carbocycles. The Kier molecular flexibility index (Phi) is 6.49. The molecule has 7 heteroatoms. The standard InChI is InChI=1S/C24H26ClN3O2S/c1-3-21-23(22(29)14-17(2)28(21)16-20-8-5-13-31-20)24(30)27-11-9-26(10-12-27)19-7-4-6-18(25)15-19/h4-8,13-15H,3,9-12,16H2,1-2H3. The van der Waals surface area contributed by atoms with Gasteiger partial charge in [-0.05, 0) is 43.0 Å². The van der Waals surface area contributed by atoms with Crippen LogP contribution in [-0.4, -0.2) is 41.6 Å². The number of rotatable bonds is 5. The third-order valence-electron chi connectivity index (χ3n) is 5.81. The van der Waals surface area contributed by atoms with E-state index in [-0.39, 0.29) is 11.3 Å². The van der Waals surface area contributed by atoms with Crippen molar-refractivity contribution in [2.45, 2.75) is 26.8 Å². The molecular formula is C24H26ClN3O2S. The largest absolute Gasteiger partial charge is 0.368 e. The van der Waals surface area contributed by atoms with Gasteiger partial charge in [-0.2, -0.15) is 0 Å². The molecule has 0 spiro atoms. The SMILES string of the molecule is CCc1c(C(=O)N2CCN(c3cccc(Cl)c3)CC2)c(=O)cc(C)n1Cc1cccs1. The minimum absolute atomic E-state index is 0.160. The fourth-order valence-corrected chi connectivity index (χ4v) is 5.08. The summed E-state index contributed by atoms with van der Waals surface area (Å²) in [5.41, 5.74) is 2.90. The van der Waals surface area contributed by atoms with Crippen molar-refractivity contribution in [2.24, 2.45) is 0 Å². The van der Waals surface area contributed by atoms with Crippen LogP contribution in [0.2, 0.25) is 5.02 Å². The number of hydrogen-bond acceptors (Lipinski definition) is 4. The Balaban J connectivity index is 1.58. The van der Waals surface area contributed by atoms with Crippen LogP contribution in [0.1, 0.15) is 33.5 Å². The molecule has 0 N–H and O–H groups in total. The van der Waals surface area contributed by atoms with Gasteiger partial charge in [0.05, 0.1) is 6.54 Å². The fourth-order valence-electron chi connectivity index (χ4n) is 4.20. The van der Waals surface area contributed by atoms with Crippen molar-refractivity contribution in [3.8, 4) is 0 Å². The van der Waals surface area contributed by atoms with Crippen molar-refractivity contribution < 1.29 is 4.79 Å². The van der Waals surface area contributed by atoms with Gasteiger partial charge in [0.15, 0.2) is 5.43 Å². The summed E-state index contributed by atoms with van der Waals surface area (Å²) in [5, 5.41) is 2.75. The van der Waals surface area contributed by atoms with E-state index in [0.29, 0.717) is 49.7 Å². The van der Waals surface area contributed by atoms with Gasteiger partial charge in [0.25, 0.3) is 5.91 Å². The van der Waals surface area contributed by atoms with Crippen molar-refractivity contribution in [1.29, 1.82) is 0 Å². The molecule has 0 bridgehead atoms. The lowest BCUT2D eigenvalue weighted by atomic mass is 10.1. The lowest BCUT2D eigenvalue weighted by molar-refractivity contribution is 0.0743. The second-order valence-electron chi connectivity index (χ2n) is 7.75. The first kappa shape index (κ1) is 21.7. The highest BCUT2D eigenvalue weighted by Gasteiger charge is 2.27. The number of nitrogens with zero attached hydrogens (tertiary/aromatic N) is 3. The number of amides is 1. The summed E-state index contributed by atoms with van der Waals surface area (Å²) in [7, 11) is 0. The van der Waals surface area contributed by atoms with Gasteiger partial charge in [0.1, 0.15) is 5.56 Å². The molecular weight excluding hydrogens is 430 g/mol. The van der Waals surface area contributed by atoms with E-state index in [1.54, 1.807) is 17.4 Å². The molecule has 0 atom stereocenters. The van der Waals surface area contributed by atoms with Crippen LogP contribution in [0, 0.1) is 6.92 Å². The second-order valence-corrected chi connectivity index (χ2v) is 9.22. The third kappa shape index (κ3) is 4.55. The van der Waals surface area contributed by atoms with Crippen LogP contribution in [0.25, 0.3) is 0 Å². The highest BCUT2D eigenvalue weighted by Crippen LogP contribution is 2.22. The Morgan fingerprint density at radius 3 is 2.52 bits per heavy atom. The number of benzene rings is 1. The number of carbonyl (C=O) groups excluding carboxylic acids is 1. The van der Waals surface area contributed by atoms with Gasteiger partial charge in [-0.1, -0.05) is 30.7 Å². The first-order valence-corrected chi connectivity index (χ1v) is 11.8. The van der Waals surface area contributed by atoms with Gasteiger partial charge >= 0.3 is 0 Å². The Hall–Kier alpha value is -2.57. The van der Waals surface area contributed by atoms with Crippen LogP contribution >= 0.6 is 22.9 Å². The fraction of sp³-hybridized carbons (Fsp3) is 0.333. The number of carbonyl (C=O) groups is 1. The molecule has 1 amide bonds. The number of piperazine rings is 1. The maximum absolute atomic E-state index is 13.4. The Labute approximate surface area is 191 Å². The van der Waals surface area contributed by atoms with Gasteiger partial charge < -0.3 is 14.4 Å². The van der Waals surface area contributed by atoms with Gasteiger partial charge in [-0.25, -0.2) is 0 Å². The van der Waals surface area contributed by atoms with Gasteiger partial charge in [-0.15, -0.1) is 11.3 Å². The number of anilines is 1. The molecule has 4 rings (SSSR count). The molecule has 31 heavy (non-hydrogen) atoms. The Morgan fingerprint density at radius 1 is 1.10 bits per heavy atom. The van der Waals surface area contributed by atoms with Crippen molar-refractivity contribution in [3.63, 3.8) is 0 Å². The molecule has 1 saturated heterocycles. The summed E-state index contributed by atoms with van der Waals surface area (Å²) in [6.07, 6.45) is 0.631. The minimum atomic E-state index is -0.181. The van der Waals surface area contributed by atoms with E-state index in [0.717, 1.165) is 17.1 Å². The number of pyridine rings is 1. The average molecular weight is 456 g/mol. The van der Waals surface area contributed by atoms with Crippen LogP contribution in [0.5, 0.6) is 0 Å². The molecule has 3 aromatic rings. The maximum Gasteiger partial charge on any atom is 0.259 e. The molecule has 5 nitrogen and oxygen atoms in total. The molecule has 2 aromatic heterocycles. The molecule has 0 unspecified atom stereocenters. The van der Waals surface area contributed by atoms with E-state index in [1.807, 2.05) is 54.5 Å². The van der Waals surface area contributed by atoms with Crippen molar-refractivity contribution >= 4 is 34.5 Å². The topological polar surface area (TPSA) is 45.6 Å². The predicted octanol–water partition coefficient (Wildman–Crippen LogP) is 4.44. The average Bonchev–Trinajstić information content (AvgIpc) is 3.28. The number of aryl methyl sites for hydroxylation is 1. The minimum Gasteiger partial charge on any atom is -0.368 e. The smallest absolute Gasteiger partial charge is 0.259 e. The zero-order chi connectivity index (χ0) is 22.0. The lowest BCUT2D eigenvalue weighted by Crippen LogP contribution is -2.50. The monoisotopic (exact) mass is 455 g/mol. The highest BCUT2D eigenvalue weighted by atomic mass is 35.5. The van der Waals surface area contributed by atoms with Crippen molar-refractivity contribution in [3.05, 3.63) is 84.9 Å². The normalized spacial score (nSPS) is 14.2. The first-order valence-electron chi connectivity index (χ1n) is 10.5. The zero-order valence-electron chi connectivity index (χ0n) is 17.8. The van der Waals surface area contributed by atoms with E-state index < -0.39 is 0 Å². The Bertz CT molecular complexity index is 1130. The summed E-state index contributed by atoms with van der Waals surface area (Å²) < 4.78 is 2.11. The zero-order valence-corrected chi connectivity index (χ0v) is 19.4. The second kappa shape index (κ2) is 9.28. The summed E-state index contributed by atoms with van der Waals surface area (Å²) in [6, 6.07) is 13.5. The van der Waals surface area contributed by atoms with Crippen LogP contribution in [-0.2, 0) is 13.0 Å². The molecule has 0 radical (unpaired) electrons. The third-order valence-corrected chi connectivity index (χ3v) is 6.91. The molecule has 3 heterocycles. The highest BCUT2D eigenvalue weighted by molar-refractivity contribution is 7.09. The van der Waals surface area contributed by atoms with E-state index in [9.17, 15) is 9.59 Å². The van der Waals surface area contributed by atoms with Gasteiger partial charge in [0, 0.05) is 59.2 Å². The number of hydrogen-bond donors (Lipinski definition) is 0.